The van der Waals surface area contributed by atoms with Crippen molar-refractivity contribution >= 4 is 0 Å². The van der Waals surface area contributed by atoms with E-state index in [0.717, 1.165) is 12.5 Å². The van der Waals surface area contributed by atoms with Gasteiger partial charge in [-0.1, -0.05) is 13.8 Å². The van der Waals surface area contributed by atoms with E-state index < -0.39 is 0 Å². The average molecular weight is 171 g/mol. The monoisotopic (exact) mass is 171 g/mol. The lowest BCUT2D eigenvalue weighted by Crippen LogP contribution is -2.28. The first-order chi connectivity index (χ1) is 5.72. The Bertz CT molecular complexity index is 125. The second-order valence-corrected chi connectivity index (χ2v) is 4.10. The Hall–Kier alpha value is -0.0800. The number of rotatable bonds is 4. The van der Waals surface area contributed by atoms with Gasteiger partial charge in [-0.25, -0.2) is 0 Å². The Balaban J connectivity index is 2.11. The van der Waals surface area contributed by atoms with Gasteiger partial charge in [0.15, 0.2) is 0 Å². The molecule has 0 radical (unpaired) electrons. The van der Waals surface area contributed by atoms with Crippen LogP contribution in [-0.2, 0) is 4.74 Å². The first kappa shape index (κ1) is 10.0. The van der Waals surface area contributed by atoms with Gasteiger partial charge >= 0.3 is 0 Å². The van der Waals surface area contributed by atoms with E-state index in [4.69, 9.17) is 4.74 Å². The molecule has 2 atom stereocenters. The largest absolute Gasteiger partial charge is 0.381 e. The van der Waals surface area contributed by atoms with Gasteiger partial charge in [-0.15, -0.1) is 0 Å². The first-order valence-electron chi connectivity index (χ1n) is 4.98. The third-order valence-electron chi connectivity index (χ3n) is 2.64. The highest BCUT2D eigenvalue weighted by atomic mass is 16.5. The molecule has 0 saturated heterocycles. The molecule has 0 aromatic rings. The predicted octanol–water partition coefficient (Wildman–Crippen LogP) is 1.80. The molecule has 1 aliphatic carbocycles. The summed E-state index contributed by atoms with van der Waals surface area (Å²) in [7, 11) is 1.82. The zero-order valence-corrected chi connectivity index (χ0v) is 8.47. The van der Waals surface area contributed by atoms with Crippen LogP contribution in [0.15, 0.2) is 0 Å². The summed E-state index contributed by atoms with van der Waals surface area (Å²) >= 11 is 0. The van der Waals surface area contributed by atoms with Crippen LogP contribution in [0.4, 0.5) is 0 Å². The highest BCUT2D eigenvalue weighted by Crippen LogP contribution is 2.26. The second kappa shape index (κ2) is 4.83. The molecule has 1 saturated carbocycles. The fourth-order valence-corrected chi connectivity index (χ4v) is 1.83. The van der Waals surface area contributed by atoms with Crippen LogP contribution >= 0.6 is 0 Å². The summed E-state index contributed by atoms with van der Waals surface area (Å²) < 4.78 is 5.32. The summed E-state index contributed by atoms with van der Waals surface area (Å²) in [6.07, 6.45) is 4.36. The quantitative estimate of drug-likeness (QED) is 0.696. The fraction of sp³-hybridized carbons (Fsp3) is 1.00. The molecule has 2 nitrogen and oxygen atoms in total. The van der Waals surface area contributed by atoms with E-state index in [-0.39, 0.29) is 0 Å². The molecule has 0 aromatic heterocycles. The Kier molecular flexibility index (Phi) is 4.02. The molecule has 1 fully saturated rings. The third kappa shape index (κ3) is 3.11. The molecule has 2 heteroatoms. The van der Waals surface area contributed by atoms with E-state index in [9.17, 15) is 0 Å². The van der Waals surface area contributed by atoms with Gasteiger partial charge in [0.1, 0.15) is 0 Å². The van der Waals surface area contributed by atoms with Crippen molar-refractivity contribution in [1.82, 2.24) is 5.32 Å². The maximum absolute atomic E-state index is 5.32. The average Bonchev–Trinajstić information content (AvgIpc) is 2.48. The van der Waals surface area contributed by atoms with Crippen LogP contribution < -0.4 is 5.32 Å². The van der Waals surface area contributed by atoms with Crippen molar-refractivity contribution in [1.29, 1.82) is 0 Å². The number of ether oxygens (including phenoxy) is 1. The standard InChI is InChI=1S/C10H21NO/c1-8(2)11-7-9-4-5-10(6-9)12-3/h8-11H,4-7H2,1-3H3/t9?,10-/m0/s1. The van der Waals surface area contributed by atoms with E-state index in [1.54, 1.807) is 0 Å². The molecular formula is C10H21NO. The number of methoxy groups -OCH3 is 1. The molecule has 72 valence electrons. The number of hydrogen-bond acceptors (Lipinski definition) is 2. The van der Waals surface area contributed by atoms with Crippen molar-refractivity contribution in [2.75, 3.05) is 13.7 Å². The van der Waals surface area contributed by atoms with Crippen molar-refractivity contribution in [3.8, 4) is 0 Å². The molecule has 1 rings (SSSR count). The molecule has 12 heavy (non-hydrogen) atoms. The number of hydrogen-bond donors (Lipinski definition) is 1. The van der Waals surface area contributed by atoms with Gasteiger partial charge in [0, 0.05) is 13.2 Å². The van der Waals surface area contributed by atoms with E-state index >= 15 is 0 Å². The minimum atomic E-state index is 0.531. The van der Waals surface area contributed by atoms with Crippen LogP contribution in [0, 0.1) is 5.92 Å². The van der Waals surface area contributed by atoms with Crippen molar-refractivity contribution < 1.29 is 4.74 Å². The van der Waals surface area contributed by atoms with Gasteiger partial charge in [0.2, 0.25) is 0 Å². The Morgan fingerprint density at radius 1 is 1.42 bits per heavy atom. The third-order valence-corrected chi connectivity index (χ3v) is 2.64. The molecule has 0 aliphatic heterocycles. The Morgan fingerprint density at radius 3 is 2.67 bits per heavy atom. The molecule has 0 heterocycles. The van der Waals surface area contributed by atoms with Crippen molar-refractivity contribution in [3.05, 3.63) is 0 Å². The van der Waals surface area contributed by atoms with Crippen molar-refractivity contribution in [2.45, 2.75) is 45.3 Å². The van der Waals surface area contributed by atoms with Gasteiger partial charge in [0.25, 0.3) is 0 Å². The summed E-state index contributed by atoms with van der Waals surface area (Å²) in [6.45, 7) is 5.56. The van der Waals surface area contributed by atoms with Crippen LogP contribution in [0.2, 0.25) is 0 Å². The summed E-state index contributed by atoms with van der Waals surface area (Å²) in [6, 6.07) is 0.617. The summed E-state index contributed by atoms with van der Waals surface area (Å²) in [5.41, 5.74) is 0. The molecule has 0 spiro atoms. The summed E-state index contributed by atoms with van der Waals surface area (Å²) in [4.78, 5) is 0. The molecule has 0 aromatic carbocycles. The van der Waals surface area contributed by atoms with Gasteiger partial charge in [0.05, 0.1) is 6.10 Å². The van der Waals surface area contributed by atoms with Gasteiger partial charge in [-0.05, 0) is 31.7 Å². The minimum absolute atomic E-state index is 0.531. The lowest BCUT2D eigenvalue weighted by Gasteiger charge is -2.13. The number of nitrogens with one attached hydrogen (secondary N) is 1. The highest BCUT2D eigenvalue weighted by molar-refractivity contribution is 4.77. The molecule has 0 bridgehead atoms. The molecule has 1 unspecified atom stereocenters. The molecule has 1 aliphatic rings. The zero-order valence-electron chi connectivity index (χ0n) is 8.47. The Labute approximate surface area is 75.7 Å². The van der Waals surface area contributed by atoms with Gasteiger partial charge in [-0.3, -0.25) is 0 Å². The lowest BCUT2D eigenvalue weighted by molar-refractivity contribution is 0.105. The van der Waals surface area contributed by atoms with Crippen LogP contribution in [0.3, 0.4) is 0 Å². The normalized spacial score (nSPS) is 30.0. The lowest BCUT2D eigenvalue weighted by atomic mass is 10.1. The van der Waals surface area contributed by atoms with E-state index in [2.05, 4.69) is 19.2 Å². The fourth-order valence-electron chi connectivity index (χ4n) is 1.83. The predicted molar refractivity (Wildman–Crippen MR) is 51.3 cm³/mol. The topological polar surface area (TPSA) is 21.3 Å². The second-order valence-electron chi connectivity index (χ2n) is 4.10. The maximum atomic E-state index is 5.32. The SMILES string of the molecule is CO[C@H]1CCC(CNC(C)C)C1. The van der Waals surface area contributed by atoms with E-state index in [1.165, 1.54) is 19.3 Å². The van der Waals surface area contributed by atoms with Crippen LogP contribution in [0.1, 0.15) is 33.1 Å². The van der Waals surface area contributed by atoms with Gasteiger partial charge < -0.3 is 10.1 Å². The summed E-state index contributed by atoms with van der Waals surface area (Å²) in [5, 5.41) is 3.48. The van der Waals surface area contributed by atoms with E-state index in [1.807, 2.05) is 7.11 Å². The van der Waals surface area contributed by atoms with Crippen molar-refractivity contribution in [2.24, 2.45) is 5.92 Å². The Morgan fingerprint density at radius 2 is 2.17 bits per heavy atom. The van der Waals surface area contributed by atoms with Crippen LogP contribution in [0.25, 0.3) is 0 Å². The molecular weight excluding hydrogens is 150 g/mol. The first-order valence-corrected chi connectivity index (χ1v) is 4.98. The molecule has 1 N–H and O–H groups in total. The minimum Gasteiger partial charge on any atom is -0.381 e. The van der Waals surface area contributed by atoms with Gasteiger partial charge in [-0.2, -0.15) is 0 Å². The molecule has 0 amide bonds. The smallest absolute Gasteiger partial charge is 0.0574 e. The maximum Gasteiger partial charge on any atom is 0.0574 e. The van der Waals surface area contributed by atoms with E-state index in [0.29, 0.717) is 12.1 Å². The zero-order chi connectivity index (χ0) is 8.97. The van der Waals surface area contributed by atoms with Crippen LogP contribution in [-0.4, -0.2) is 25.8 Å². The summed E-state index contributed by atoms with van der Waals surface area (Å²) in [5.74, 6) is 0.845. The van der Waals surface area contributed by atoms with Crippen LogP contribution in [0.5, 0.6) is 0 Å². The highest BCUT2D eigenvalue weighted by Gasteiger charge is 2.23. The van der Waals surface area contributed by atoms with Crippen molar-refractivity contribution in [3.63, 3.8) is 0 Å².